The van der Waals surface area contributed by atoms with Gasteiger partial charge in [-0.3, -0.25) is 14.6 Å². The highest BCUT2D eigenvalue weighted by molar-refractivity contribution is 7.18. The van der Waals surface area contributed by atoms with Crippen LogP contribution < -0.4 is 22.5 Å². The number of anilines is 2. The van der Waals surface area contributed by atoms with Crippen LogP contribution in [0.25, 0.3) is 10.1 Å². The zero-order valence-electron chi connectivity index (χ0n) is 14.3. The second-order valence-electron chi connectivity index (χ2n) is 6.14. The van der Waals surface area contributed by atoms with Crippen molar-refractivity contribution in [2.45, 2.75) is 0 Å². The summed E-state index contributed by atoms with van der Waals surface area (Å²) in [4.78, 5) is 30.3. The van der Waals surface area contributed by atoms with Crippen LogP contribution >= 0.6 is 11.3 Å². The summed E-state index contributed by atoms with van der Waals surface area (Å²) in [6.45, 7) is 0.747. The number of aliphatic imine (C=N–C) groups is 1. The van der Waals surface area contributed by atoms with Gasteiger partial charge in [0.05, 0.1) is 33.7 Å². The molecule has 1 aliphatic carbocycles. The Morgan fingerprint density at radius 1 is 1.04 bits per heavy atom. The van der Waals surface area contributed by atoms with E-state index in [1.165, 1.54) is 11.3 Å². The first-order valence-corrected chi connectivity index (χ1v) is 9.19. The standard InChI is InChI=1S/C19H17N5O2S/c20-14-11-5-8-27-18(11)15(23-6-7-24-19(21)22)13-12(14)16(25)9-3-1-2-4-10(9)17(13)26/h1-5,8,23H,6-7,20H2,(H4,21,22,24). The summed E-state index contributed by atoms with van der Waals surface area (Å²) in [6.07, 6.45) is 0. The number of carbonyl (C=O) groups excluding carboxylic acids is 2. The number of nitrogens with one attached hydrogen (secondary N) is 1. The molecule has 0 unspecified atom stereocenters. The molecule has 136 valence electrons. The molecule has 0 atom stereocenters. The summed E-state index contributed by atoms with van der Waals surface area (Å²) in [7, 11) is 0. The van der Waals surface area contributed by atoms with Crippen LogP contribution in [0.15, 0.2) is 40.7 Å². The Kier molecular flexibility index (Phi) is 4.04. The van der Waals surface area contributed by atoms with Gasteiger partial charge in [0.1, 0.15) is 0 Å². The van der Waals surface area contributed by atoms with E-state index in [0.29, 0.717) is 41.2 Å². The van der Waals surface area contributed by atoms with Gasteiger partial charge >= 0.3 is 0 Å². The van der Waals surface area contributed by atoms with E-state index < -0.39 is 0 Å². The highest BCUT2D eigenvalue weighted by atomic mass is 32.1. The number of rotatable bonds is 4. The third-order valence-corrected chi connectivity index (χ3v) is 5.46. The molecule has 1 aromatic heterocycles. The lowest BCUT2D eigenvalue weighted by atomic mass is 9.81. The summed E-state index contributed by atoms with van der Waals surface area (Å²) in [5.74, 6) is -0.456. The first kappa shape index (κ1) is 17.0. The Labute approximate surface area is 158 Å². The van der Waals surface area contributed by atoms with E-state index in [-0.39, 0.29) is 23.1 Å². The summed E-state index contributed by atoms with van der Waals surface area (Å²) in [6, 6.07) is 8.66. The summed E-state index contributed by atoms with van der Waals surface area (Å²) >= 11 is 1.46. The van der Waals surface area contributed by atoms with Crippen LogP contribution in [0.4, 0.5) is 11.4 Å². The lowest BCUT2D eigenvalue weighted by Crippen LogP contribution is -2.25. The first-order valence-electron chi connectivity index (χ1n) is 8.31. The highest BCUT2D eigenvalue weighted by Gasteiger charge is 2.35. The fourth-order valence-electron chi connectivity index (χ4n) is 3.37. The van der Waals surface area contributed by atoms with Crippen molar-refractivity contribution in [2.24, 2.45) is 16.5 Å². The molecule has 3 aromatic rings. The Morgan fingerprint density at radius 3 is 2.37 bits per heavy atom. The minimum Gasteiger partial charge on any atom is -0.398 e. The SMILES string of the molecule is NC(N)=NCCNc1c2c(c(N)c3ccsc13)C(=O)c1ccccc1C2=O. The highest BCUT2D eigenvalue weighted by Crippen LogP contribution is 2.43. The number of fused-ring (bicyclic) bond motifs is 3. The van der Waals surface area contributed by atoms with Crippen LogP contribution in [0.5, 0.6) is 0 Å². The number of nitrogens with zero attached hydrogens (tertiary/aromatic N) is 1. The van der Waals surface area contributed by atoms with E-state index >= 15 is 0 Å². The molecular formula is C19H17N5O2S. The normalized spacial score (nSPS) is 12.6. The van der Waals surface area contributed by atoms with Crippen molar-refractivity contribution < 1.29 is 9.59 Å². The van der Waals surface area contributed by atoms with Gasteiger partial charge < -0.3 is 22.5 Å². The van der Waals surface area contributed by atoms with Gasteiger partial charge in [-0.25, -0.2) is 0 Å². The van der Waals surface area contributed by atoms with Crippen molar-refractivity contribution in [1.29, 1.82) is 0 Å². The van der Waals surface area contributed by atoms with E-state index in [1.807, 2.05) is 11.4 Å². The number of thiophene rings is 1. The molecule has 8 heteroatoms. The van der Waals surface area contributed by atoms with Crippen molar-refractivity contribution in [3.8, 4) is 0 Å². The summed E-state index contributed by atoms with van der Waals surface area (Å²) in [5, 5.41) is 5.87. The fraction of sp³-hybridized carbons (Fsp3) is 0.105. The molecule has 0 fully saturated rings. The molecule has 2 aromatic carbocycles. The number of benzene rings is 2. The van der Waals surface area contributed by atoms with E-state index in [2.05, 4.69) is 10.3 Å². The lowest BCUT2D eigenvalue weighted by molar-refractivity contribution is 0.0980. The number of ketones is 2. The van der Waals surface area contributed by atoms with E-state index in [1.54, 1.807) is 24.3 Å². The van der Waals surface area contributed by atoms with Crippen molar-refractivity contribution >= 4 is 50.3 Å². The zero-order chi connectivity index (χ0) is 19.1. The van der Waals surface area contributed by atoms with Crippen LogP contribution in [-0.4, -0.2) is 30.6 Å². The molecule has 1 heterocycles. The maximum absolute atomic E-state index is 13.2. The molecule has 0 bridgehead atoms. The van der Waals surface area contributed by atoms with Crippen molar-refractivity contribution in [2.75, 3.05) is 24.1 Å². The van der Waals surface area contributed by atoms with Gasteiger partial charge in [-0.1, -0.05) is 24.3 Å². The Morgan fingerprint density at radius 2 is 1.70 bits per heavy atom. The van der Waals surface area contributed by atoms with Gasteiger partial charge in [0.25, 0.3) is 0 Å². The van der Waals surface area contributed by atoms with Crippen LogP contribution in [-0.2, 0) is 0 Å². The molecule has 0 spiro atoms. The van der Waals surface area contributed by atoms with E-state index in [4.69, 9.17) is 17.2 Å². The van der Waals surface area contributed by atoms with Crippen molar-refractivity contribution in [3.63, 3.8) is 0 Å². The molecule has 0 aliphatic heterocycles. The predicted molar refractivity (Wildman–Crippen MR) is 109 cm³/mol. The van der Waals surface area contributed by atoms with E-state index in [9.17, 15) is 9.59 Å². The number of hydrogen-bond acceptors (Lipinski definition) is 6. The molecular weight excluding hydrogens is 362 g/mol. The predicted octanol–water partition coefficient (Wildman–Crippen LogP) is 1.94. The minimum atomic E-state index is -0.238. The Hall–Kier alpha value is -3.39. The van der Waals surface area contributed by atoms with Crippen LogP contribution in [0.1, 0.15) is 31.8 Å². The van der Waals surface area contributed by atoms with Crippen LogP contribution in [0.2, 0.25) is 0 Å². The quantitative estimate of drug-likeness (QED) is 0.141. The maximum Gasteiger partial charge on any atom is 0.196 e. The second-order valence-corrected chi connectivity index (χ2v) is 7.06. The largest absolute Gasteiger partial charge is 0.398 e. The smallest absolute Gasteiger partial charge is 0.196 e. The molecule has 27 heavy (non-hydrogen) atoms. The maximum atomic E-state index is 13.2. The minimum absolute atomic E-state index is 0.00223. The number of hydrogen-bond donors (Lipinski definition) is 4. The third kappa shape index (κ3) is 2.61. The van der Waals surface area contributed by atoms with Gasteiger partial charge in [0, 0.05) is 23.1 Å². The average molecular weight is 379 g/mol. The zero-order valence-corrected chi connectivity index (χ0v) is 15.1. The lowest BCUT2D eigenvalue weighted by Gasteiger charge is -2.23. The monoisotopic (exact) mass is 379 g/mol. The van der Waals surface area contributed by atoms with Crippen LogP contribution in [0, 0.1) is 0 Å². The molecule has 0 saturated carbocycles. The Bertz CT molecular complexity index is 1130. The number of nitrogens with two attached hydrogens (primary N) is 3. The second kappa shape index (κ2) is 6.40. The molecule has 0 radical (unpaired) electrons. The number of guanidine groups is 1. The topological polar surface area (TPSA) is 137 Å². The Balaban J connectivity index is 1.92. The summed E-state index contributed by atoms with van der Waals surface area (Å²) < 4.78 is 0.830. The summed E-state index contributed by atoms with van der Waals surface area (Å²) in [5.41, 5.74) is 19.3. The van der Waals surface area contributed by atoms with Gasteiger partial charge in [-0.15, -0.1) is 11.3 Å². The molecule has 7 N–H and O–H groups in total. The average Bonchev–Trinajstić information content (AvgIpc) is 3.14. The first-order chi connectivity index (χ1) is 13.0. The molecule has 7 nitrogen and oxygen atoms in total. The third-order valence-electron chi connectivity index (χ3n) is 4.53. The van der Waals surface area contributed by atoms with Gasteiger partial charge in [0.15, 0.2) is 17.5 Å². The molecule has 0 saturated heterocycles. The molecule has 4 rings (SSSR count). The van der Waals surface area contributed by atoms with Crippen LogP contribution in [0.3, 0.4) is 0 Å². The van der Waals surface area contributed by atoms with Crippen molar-refractivity contribution in [3.05, 3.63) is 58.0 Å². The van der Waals surface area contributed by atoms with Gasteiger partial charge in [-0.05, 0) is 11.4 Å². The fourth-order valence-corrected chi connectivity index (χ4v) is 4.31. The van der Waals surface area contributed by atoms with E-state index in [0.717, 1.165) is 10.1 Å². The number of carbonyl (C=O) groups is 2. The number of nitrogen functional groups attached to an aromatic ring is 1. The van der Waals surface area contributed by atoms with Gasteiger partial charge in [-0.2, -0.15) is 0 Å². The van der Waals surface area contributed by atoms with Gasteiger partial charge in [0.2, 0.25) is 0 Å². The molecule has 1 aliphatic rings. The molecule has 0 amide bonds. The van der Waals surface area contributed by atoms with Crippen molar-refractivity contribution in [1.82, 2.24) is 0 Å².